The van der Waals surface area contributed by atoms with E-state index in [2.05, 4.69) is 4.90 Å². The van der Waals surface area contributed by atoms with Crippen LogP contribution >= 0.6 is 0 Å². The van der Waals surface area contributed by atoms with E-state index in [-0.39, 0.29) is 11.9 Å². The van der Waals surface area contributed by atoms with E-state index in [9.17, 15) is 4.79 Å². The van der Waals surface area contributed by atoms with Gasteiger partial charge in [0.1, 0.15) is 11.9 Å². The average Bonchev–Trinajstić information content (AvgIpc) is 2.29. The van der Waals surface area contributed by atoms with Crippen LogP contribution in [-0.2, 0) is 0 Å². The number of hydrogen-bond donors (Lipinski definition) is 0. The van der Waals surface area contributed by atoms with Crippen molar-refractivity contribution in [2.24, 2.45) is 0 Å². The first-order valence-electron chi connectivity index (χ1n) is 6.47. The summed E-state index contributed by atoms with van der Waals surface area (Å²) in [4.78, 5) is 13.8. The Labute approximate surface area is 110 Å². The third kappa shape index (κ3) is 4.88. The third-order valence-electron chi connectivity index (χ3n) is 2.61. The highest BCUT2D eigenvalue weighted by molar-refractivity contribution is 5.96. The lowest BCUT2D eigenvalue weighted by atomic mass is 10.1. The average molecular weight is 249 g/mol. The number of ether oxygens (including phenoxy) is 1. The Morgan fingerprint density at radius 2 is 1.89 bits per heavy atom. The van der Waals surface area contributed by atoms with Crippen molar-refractivity contribution < 1.29 is 9.53 Å². The highest BCUT2D eigenvalue weighted by atomic mass is 16.5. The number of hydrogen-bond acceptors (Lipinski definition) is 3. The number of carbonyl (C=O) groups is 1. The van der Waals surface area contributed by atoms with E-state index < -0.39 is 0 Å². The van der Waals surface area contributed by atoms with Gasteiger partial charge in [0.15, 0.2) is 5.78 Å². The van der Waals surface area contributed by atoms with Gasteiger partial charge in [0.2, 0.25) is 0 Å². The fourth-order valence-corrected chi connectivity index (χ4v) is 1.87. The fraction of sp³-hybridized carbons (Fsp3) is 0.533. The molecule has 0 aliphatic rings. The zero-order valence-corrected chi connectivity index (χ0v) is 11.8. The van der Waals surface area contributed by atoms with E-state index in [1.807, 2.05) is 52.2 Å². The summed E-state index contributed by atoms with van der Waals surface area (Å²) in [5.74, 6) is 1.02. The Hall–Kier alpha value is -1.35. The summed E-state index contributed by atoms with van der Waals surface area (Å²) in [6.07, 6.45) is 1.63. The molecule has 0 bridgehead atoms. The molecule has 0 saturated heterocycles. The maximum atomic E-state index is 11.7. The van der Waals surface area contributed by atoms with Crippen molar-refractivity contribution in [3.8, 4) is 5.75 Å². The highest BCUT2D eigenvalue weighted by Gasteiger charge is 2.07. The fourth-order valence-electron chi connectivity index (χ4n) is 1.87. The van der Waals surface area contributed by atoms with Crippen LogP contribution < -0.4 is 4.74 Å². The van der Waals surface area contributed by atoms with Gasteiger partial charge in [0.25, 0.3) is 0 Å². The predicted molar refractivity (Wildman–Crippen MR) is 74.3 cm³/mol. The summed E-state index contributed by atoms with van der Waals surface area (Å²) in [7, 11) is 4.04. The molecule has 0 radical (unpaired) electrons. The SMILES string of the molecule is CCCC(=O)c1ccc(O[C@@H](C)CN(C)C)cc1. The molecule has 0 unspecified atom stereocenters. The lowest BCUT2D eigenvalue weighted by Crippen LogP contribution is -2.27. The molecule has 100 valence electrons. The minimum absolute atomic E-state index is 0.136. The van der Waals surface area contributed by atoms with Gasteiger partial charge in [-0.1, -0.05) is 6.92 Å². The smallest absolute Gasteiger partial charge is 0.162 e. The largest absolute Gasteiger partial charge is 0.489 e. The molecule has 0 amide bonds. The Balaban J connectivity index is 2.57. The first-order valence-corrected chi connectivity index (χ1v) is 6.47. The monoisotopic (exact) mass is 249 g/mol. The first-order chi connectivity index (χ1) is 8.52. The number of carbonyl (C=O) groups excluding carboxylic acids is 1. The molecule has 0 heterocycles. The lowest BCUT2D eigenvalue weighted by molar-refractivity contribution is 0.0981. The van der Waals surface area contributed by atoms with Crippen molar-refractivity contribution in [3.63, 3.8) is 0 Å². The molecule has 18 heavy (non-hydrogen) atoms. The molecule has 0 aliphatic carbocycles. The maximum Gasteiger partial charge on any atom is 0.162 e. The molecule has 1 rings (SSSR count). The van der Waals surface area contributed by atoms with Crippen molar-refractivity contribution in [2.75, 3.05) is 20.6 Å². The van der Waals surface area contributed by atoms with Crippen molar-refractivity contribution in [3.05, 3.63) is 29.8 Å². The lowest BCUT2D eigenvalue weighted by Gasteiger charge is -2.18. The van der Waals surface area contributed by atoms with Gasteiger partial charge in [-0.15, -0.1) is 0 Å². The van der Waals surface area contributed by atoms with Gasteiger partial charge in [-0.3, -0.25) is 4.79 Å². The van der Waals surface area contributed by atoms with E-state index >= 15 is 0 Å². The summed E-state index contributed by atoms with van der Waals surface area (Å²) in [5, 5.41) is 0. The summed E-state index contributed by atoms with van der Waals surface area (Å²) in [5.41, 5.74) is 0.768. The molecule has 0 aliphatic heterocycles. The van der Waals surface area contributed by atoms with Crippen LogP contribution in [0, 0.1) is 0 Å². The van der Waals surface area contributed by atoms with E-state index in [1.165, 1.54) is 0 Å². The van der Waals surface area contributed by atoms with E-state index in [4.69, 9.17) is 4.74 Å². The van der Waals surface area contributed by atoms with Crippen LogP contribution in [0.25, 0.3) is 0 Å². The second-order valence-corrected chi connectivity index (χ2v) is 4.89. The molecule has 1 atom stereocenters. The quantitative estimate of drug-likeness (QED) is 0.696. The maximum absolute atomic E-state index is 11.7. The topological polar surface area (TPSA) is 29.5 Å². The Bertz CT molecular complexity index is 371. The number of benzene rings is 1. The summed E-state index contributed by atoms with van der Waals surface area (Å²) < 4.78 is 5.77. The van der Waals surface area contributed by atoms with Gasteiger partial charge in [-0.05, 0) is 51.7 Å². The molecular weight excluding hydrogens is 226 g/mol. The summed E-state index contributed by atoms with van der Waals surface area (Å²) >= 11 is 0. The third-order valence-corrected chi connectivity index (χ3v) is 2.61. The highest BCUT2D eigenvalue weighted by Crippen LogP contribution is 2.15. The van der Waals surface area contributed by atoms with Crippen LogP contribution in [0.15, 0.2) is 24.3 Å². The molecular formula is C15H23NO2. The molecule has 1 aromatic rings. The van der Waals surface area contributed by atoms with E-state index in [0.29, 0.717) is 6.42 Å². The molecule has 0 N–H and O–H groups in total. The molecule has 1 aromatic carbocycles. The van der Waals surface area contributed by atoms with Crippen LogP contribution in [0.1, 0.15) is 37.0 Å². The van der Waals surface area contributed by atoms with E-state index in [0.717, 1.165) is 24.3 Å². The Morgan fingerprint density at radius 1 is 1.28 bits per heavy atom. The second kappa shape index (κ2) is 7.17. The van der Waals surface area contributed by atoms with Crippen molar-refractivity contribution in [2.45, 2.75) is 32.8 Å². The number of nitrogens with zero attached hydrogens (tertiary/aromatic N) is 1. The Kier molecular flexibility index (Phi) is 5.86. The molecule has 3 nitrogen and oxygen atoms in total. The Morgan fingerprint density at radius 3 is 2.39 bits per heavy atom. The van der Waals surface area contributed by atoms with Crippen molar-refractivity contribution in [1.29, 1.82) is 0 Å². The molecule has 0 aromatic heterocycles. The van der Waals surface area contributed by atoms with Gasteiger partial charge in [0.05, 0.1) is 0 Å². The number of ketones is 1. The first kappa shape index (κ1) is 14.7. The summed E-state index contributed by atoms with van der Waals surface area (Å²) in [6, 6.07) is 7.43. The van der Waals surface area contributed by atoms with Crippen LogP contribution in [0.2, 0.25) is 0 Å². The van der Waals surface area contributed by atoms with Crippen molar-refractivity contribution in [1.82, 2.24) is 4.90 Å². The van der Waals surface area contributed by atoms with Crippen molar-refractivity contribution >= 4 is 5.78 Å². The van der Waals surface area contributed by atoms with Gasteiger partial charge in [0, 0.05) is 18.5 Å². The van der Waals surface area contributed by atoms with Gasteiger partial charge in [-0.2, -0.15) is 0 Å². The zero-order chi connectivity index (χ0) is 13.5. The molecule has 0 spiro atoms. The predicted octanol–water partition coefficient (Wildman–Crippen LogP) is 3.00. The van der Waals surface area contributed by atoms with Crippen LogP contribution in [0.4, 0.5) is 0 Å². The zero-order valence-electron chi connectivity index (χ0n) is 11.8. The summed E-state index contributed by atoms with van der Waals surface area (Å²) in [6.45, 7) is 4.92. The van der Waals surface area contributed by atoms with Crippen LogP contribution in [-0.4, -0.2) is 37.4 Å². The minimum atomic E-state index is 0.136. The van der Waals surface area contributed by atoms with Crippen LogP contribution in [0.3, 0.4) is 0 Å². The van der Waals surface area contributed by atoms with E-state index in [1.54, 1.807) is 0 Å². The second-order valence-electron chi connectivity index (χ2n) is 4.89. The number of rotatable bonds is 7. The number of Topliss-reactive ketones (excluding diaryl/α,β-unsaturated/α-hetero) is 1. The minimum Gasteiger partial charge on any atom is -0.489 e. The molecule has 0 saturated carbocycles. The van der Waals surface area contributed by atoms with Gasteiger partial charge < -0.3 is 9.64 Å². The number of likely N-dealkylation sites (N-methyl/N-ethyl adjacent to an activating group) is 1. The molecule has 0 fully saturated rings. The normalized spacial score (nSPS) is 12.5. The van der Waals surface area contributed by atoms with Gasteiger partial charge in [-0.25, -0.2) is 0 Å². The van der Waals surface area contributed by atoms with Crippen LogP contribution in [0.5, 0.6) is 5.75 Å². The standard InChI is InChI=1S/C15H23NO2/c1-5-6-15(17)13-7-9-14(10-8-13)18-12(2)11-16(3)4/h7-10,12H,5-6,11H2,1-4H3/t12-/m0/s1. The molecule has 3 heteroatoms. The van der Waals surface area contributed by atoms with Gasteiger partial charge >= 0.3 is 0 Å².